The molecule has 0 spiro atoms. The maximum atomic E-state index is 15.2. The van der Waals surface area contributed by atoms with Gasteiger partial charge in [0.05, 0.1) is 63.3 Å². The van der Waals surface area contributed by atoms with E-state index in [2.05, 4.69) is 64.3 Å². The molecule has 0 aliphatic carbocycles. The predicted molar refractivity (Wildman–Crippen MR) is 482 cm³/mol. The van der Waals surface area contributed by atoms with Gasteiger partial charge < -0.3 is 74.0 Å². The van der Waals surface area contributed by atoms with E-state index in [4.69, 9.17) is 37.7 Å². The van der Waals surface area contributed by atoms with Gasteiger partial charge in [-0.1, -0.05) is 362 Å². The Morgan fingerprint density at radius 1 is 0.380 bits per heavy atom. The summed E-state index contributed by atoms with van der Waals surface area (Å²) in [7, 11) is -5.60. The van der Waals surface area contributed by atoms with Crippen LogP contribution in [0.4, 0.5) is 0 Å². The zero-order valence-corrected chi connectivity index (χ0v) is 78.5. The second-order valence-corrected chi connectivity index (χ2v) is 36.8. The number of allylic oxidation sites excluding steroid dienone is 2. The van der Waals surface area contributed by atoms with Crippen molar-refractivity contribution in [2.45, 2.75) is 558 Å². The van der Waals surface area contributed by atoms with Gasteiger partial charge in [-0.25, -0.2) is 4.57 Å². The minimum absolute atomic E-state index is 0.123. The first-order valence-corrected chi connectivity index (χ1v) is 51.5. The van der Waals surface area contributed by atoms with E-state index in [1.54, 1.807) is 6.92 Å². The summed E-state index contributed by atoms with van der Waals surface area (Å²) in [6.07, 6.45) is 45.3. The highest BCUT2D eigenvalue weighted by molar-refractivity contribution is 7.46. The number of nitrogens with one attached hydrogen (secondary N) is 2. The summed E-state index contributed by atoms with van der Waals surface area (Å²) >= 11 is 0. The molecule has 9 unspecified atom stereocenters. The molecule has 2 aliphatic heterocycles. The molecule has 0 aromatic rings. The first kappa shape index (κ1) is 113. The lowest BCUT2D eigenvalue weighted by Crippen LogP contribution is -2.67. The molecule has 2 amide bonds. The first-order valence-electron chi connectivity index (χ1n) is 50.0. The van der Waals surface area contributed by atoms with Crippen LogP contribution >= 0.6 is 7.82 Å². The third-order valence-corrected chi connectivity index (χ3v) is 24.6. The Balaban J connectivity index is 2.73. The summed E-state index contributed by atoms with van der Waals surface area (Å²) in [6, 6.07) is -2.97. The normalized spacial score (nSPS) is 20.4. The number of unbranched alkanes of at least 4 members (excludes halogenated alkanes) is 49. The molecule has 23 nitrogen and oxygen atoms in total. The Bertz CT molecular complexity index is 2600. The molecule has 0 aromatic heterocycles. The number of amides is 2. The van der Waals surface area contributed by atoms with Gasteiger partial charge in [-0.3, -0.25) is 33.3 Å². The van der Waals surface area contributed by atoms with Crippen molar-refractivity contribution in [1.82, 2.24) is 10.6 Å². The standard InChI is InChI=1S/C97H181N2O21P/c1-8-14-20-26-32-38-39-40-41-47-53-59-64-70-87(105)115-81(68-62-56-50-44-35-29-23-17-11-4)74-86(104)99-92-96(119-90(108)75-82(69-63-57-51-45-36-30-24-18-12-5)116-88(106)71-65-58-52-46-37-31-25-19-13-6)94(120-121(110,111)112)83(76-100)117-97(92)113-77-84-93(109)95(118-89(107)73-80(102)67-61-55-49-43-34-28-22-16-10-3)91(78(7)114-84)98-85(103)72-79(101)66-60-54-48-42-33-27-21-15-9-2/h38-39,78-84,91-97,100-102,109H,8-37,40-77H2,1-7H3,(H,98,103)(H,99,104)(H2,110,111,112)/b39-38-/t78?,79?,80?,81?,82?,83?,84?,91?,92?,93-,94-,95-,96-,97-/m1/s1. The van der Waals surface area contributed by atoms with E-state index in [0.29, 0.717) is 57.8 Å². The average molecular weight is 1740 g/mol. The number of aliphatic hydroxyl groups excluding tert-OH is 4. The van der Waals surface area contributed by atoms with Crippen LogP contribution in [-0.2, 0) is 71.0 Å². The van der Waals surface area contributed by atoms with E-state index in [1.165, 1.54) is 128 Å². The van der Waals surface area contributed by atoms with Crippen LogP contribution in [0.5, 0.6) is 0 Å². The Kier molecular flexibility index (Phi) is 71.7. The Hall–Kier alpha value is -3.61. The van der Waals surface area contributed by atoms with Crippen molar-refractivity contribution < 1.29 is 101 Å². The lowest BCUT2D eigenvalue weighted by atomic mass is 9.92. The zero-order chi connectivity index (χ0) is 88.6. The summed E-state index contributed by atoms with van der Waals surface area (Å²) in [5, 5.41) is 51.9. The van der Waals surface area contributed by atoms with Crippen molar-refractivity contribution >= 4 is 43.5 Å². The van der Waals surface area contributed by atoms with Crippen LogP contribution in [-0.4, -0.2) is 165 Å². The number of rotatable bonds is 83. The van der Waals surface area contributed by atoms with Crippen LogP contribution in [0, 0.1) is 0 Å². The fourth-order valence-electron chi connectivity index (χ4n) is 16.7. The molecule has 121 heavy (non-hydrogen) atoms. The first-order chi connectivity index (χ1) is 58.6. The molecule has 0 saturated carbocycles. The summed E-state index contributed by atoms with van der Waals surface area (Å²) in [6.45, 7) is 13.1. The fourth-order valence-corrected chi connectivity index (χ4v) is 17.2. The third kappa shape index (κ3) is 60.7. The minimum atomic E-state index is -5.60. The van der Waals surface area contributed by atoms with Gasteiger partial charge in [0.15, 0.2) is 18.5 Å². The summed E-state index contributed by atoms with van der Waals surface area (Å²) in [5.41, 5.74) is 0. The van der Waals surface area contributed by atoms with E-state index in [0.717, 1.165) is 193 Å². The van der Waals surface area contributed by atoms with Crippen molar-refractivity contribution in [2.75, 3.05) is 13.2 Å². The highest BCUT2D eigenvalue weighted by Gasteiger charge is 2.54. The molecule has 0 radical (unpaired) electrons. The van der Waals surface area contributed by atoms with Crippen molar-refractivity contribution in [3.8, 4) is 0 Å². The van der Waals surface area contributed by atoms with Gasteiger partial charge in [0, 0.05) is 12.8 Å². The topological polar surface area (TPSA) is 339 Å². The molecule has 24 heteroatoms. The molecule has 8 N–H and O–H groups in total. The van der Waals surface area contributed by atoms with E-state index < -0.39 is 162 Å². The maximum absolute atomic E-state index is 15.2. The van der Waals surface area contributed by atoms with Gasteiger partial charge in [0.2, 0.25) is 11.8 Å². The van der Waals surface area contributed by atoms with E-state index in [9.17, 15) is 58.8 Å². The highest BCUT2D eigenvalue weighted by atomic mass is 31.2. The molecule has 14 atom stereocenters. The van der Waals surface area contributed by atoms with Gasteiger partial charge >= 0.3 is 31.7 Å². The molecule has 2 heterocycles. The minimum Gasteiger partial charge on any atom is -0.462 e. The number of aliphatic hydroxyl groups is 4. The molecule has 2 fully saturated rings. The van der Waals surface area contributed by atoms with Crippen LogP contribution in [0.2, 0.25) is 0 Å². The van der Waals surface area contributed by atoms with Crippen LogP contribution in [0.15, 0.2) is 12.2 Å². The quantitative estimate of drug-likeness (QED) is 0.00922. The predicted octanol–water partition coefficient (Wildman–Crippen LogP) is 22.1. The van der Waals surface area contributed by atoms with Crippen LogP contribution in [0.3, 0.4) is 0 Å². The molecule has 2 aliphatic rings. The summed E-state index contributed by atoms with van der Waals surface area (Å²) in [5.74, 6) is -4.19. The molecule has 2 rings (SSSR count). The van der Waals surface area contributed by atoms with Crippen molar-refractivity contribution in [1.29, 1.82) is 0 Å². The van der Waals surface area contributed by atoms with Crippen LogP contribution in [0.25, 0.3) is 0 Å². The number of hydrogen-bond donors (Lipinski definition) is 8. The number of ether oxygens (including phenoxy) is 7. The molecule has 0 aromatic carbocycles. The van der Waals surface area contributed by atoms with E-state index >= 15 is 4.79 Å². The number of hydrogen-bond acceptors (Lipinski definition) is 19. The van der Waals surface area contributed by atoms with Gasteiger partial charge in [-0.15, -0.1) is 0 Å². The maximum Gasteiger partial charge on any atom is 0.470 e. The highest BCUT2D eigenvalue weighted by Crippen LogP contribution is 2.43. The zero-order valence-electron chi connectivity index (χ0n) is 77.6. The third-order valence-electron chi connectivity index (χ3n) is 24.1. The average Bonchev–Trinajstić information content (AvgIpc) is 0.768. The number of carbonyl (C=O) groups excluding carboxylic acids is 6. The summed E-state index contributed by atoms with van der Waals surface area (Å²) < 4.78 is 62.7. The lowest BCUT2D eigenvalue weighted by molar-refractivity contribution is -0.285. The van der Waals surface area contributed by atoms with Crippen molar-refractivity contribution in [3.63, 3.8) is 0 Å². The van der Waals surface area contributed by atoms with Gasteiger partial charge in [-0.05, 0) is 84.0 Å². The Labute approximate surface area is 734 Å². The number of phosphoric acid groups is 1. The Morgan fingerprint density at radius 3 is 1.12 bits per heavy atom. The Morgan fingerprint density at radius 2 is 0.711 bits per heavy atom. The number of phosphoric ester groups is 1. The SMILES string of the molecule is CCCCCC/C=C\CCCCCCCC(=O)OC(CCCCCCCCCCC)CC(=O)NC1[C@H](OCC2OC(C)C(NC(=O)CC(O)CCCCCCCCCCC)[C@@H](OC(=O)CC(O)CCCCCCCCCCC)[C@@H]2O)OC(CO)[C@@H](OP(=O)(O)O)[C@@H]1OC(=O)CC(CCCCCCCCCCC)OC(=O)CCCCCCCCCCC. The van der Waals surface area contributed by atoms with Gasteiger partial charge in [0.1, 0.15) is 42.7 Å². The van der Waals surface area contributed by atoms with E-state index in [-0.39, 0.29) is 25.7 Å². The monoisotopic (exact) mass is 1740 g/mol. The van der Waals surface area contributed by atoms with Gasteiger partial charge in [-0.2, -0.15) is 0 Å². The molecule has 0 bridgehead atoms. The smallest absolute Gasteiger partial charge is 0.462 e. The fraction of sp³-hybridized carbons (Fsp3) is 0.918. The molecule has 2 saturated heterocycles. The molecule has 710 valence electrons. The van der Waals surface area contributed by atoms with Gasteiger partial charge in [0.25, 0.3) is 0 Å². The van der Waals surface area contributed by atoms with E-state index in [1.807, 2.05) is 0 Å². The molecular formula is C97H181N2O21P. The van der Waals surface area contributed by atoms with Crippen LogP contribution < -0.4 is 10.6 Å². The lowest BCUT2D eigenvalue weighted by Gasteiger charge is -2.47. The number of esters is 4. The second kappa shape index (κ2) is 76.4. The second-order valence-electron chi connectivity index (χ2n) is 35.6. The largest absolute Gasteiger partial charge is 0.470 e. The van der Waals surface area contributed by atoms with Crippen molar-refractivity contribution in [2.24, 2.45) is 0 Å². The van der Waals surface area contributed by atoms with Crippen LogP contribution in [0.1, 0.15) is 472 Å². The molecular weight excluding hydrogens is 1560 g/mol. The number of carbonyl (C=O) groups is 6. The summed E-state index contributed by atoms with van der Waals surface area (Å²) in [4.78, 5) is 107. The van der Waals surface area contributed by atoms with Crippen molar-refractivity contribution in [3.05, 3.63) is 12.2 Å².